The number of amides is 2. The van der Waals surface area contributed by atoms with E-state index in [0.717, 1.165) is 0 Å². The van der Waals surface area contributed by atoms with Crippen LogP contribution in [0.4, 0.5) is 4.79 Å². The number of rotatable bonds is 6. The van der Waals surface area contributed by atoms with Crippen molar-refractivity contribution in [2.45, 2.75) is 30.7 Å². The minimum atomic E-state index is -4.86. The third-order valence-electron chi connectivity index (χ3n) is 4.28. The van der Waals surface area contributed by atoms with Crippen LogP contribution >= 0.6 is 0 Å². The van der Waals surface area contributed by atoms with Crippen molar-refractivity contribution in [2.24, 2.45) is 10.1 Å². The summed E-state index contributed by atoms with van der Waals surface area (Å²) in [5, 5.41) is 0.557. The Bertz CT molecular complexity index is 962. The summed E-state index contributed by atoms with van der Waals surface area (Å²) < 4.78 is 63.1. The molecule has 0 spiro atoms. The molecular formula is C14H18N4O7S2. The van der Waals surface area contributed by atoms with Gasteiger partial charge in [-0.3, -0.25) is 4.55 Å². The second kappa shape index (κ2) is 7.07. The molecule has 2 saturated heterocycles. The molecule has 1 aromatic rings. The molecule has 2 bridgehead atoms. The Morgan fingerprint density at radius 3 is 2.52 bits per heavy atom. The summed E-state index contributed by atoms with van der Waals surface area (Å²) in [5.41, 5.74) is 6.40. The first-order chi connectivity index (χ1) is 12.6. The number of nitrogens with two attached hydrogens (primary N) is 1. The average molecular weight is 418 g/mol. The van der Waals surface area contributed by atoms with E-state index < -0.39 is 38.5 Å². The van der Waals surface area contributed by atoms with E-state index in [0.29, 0.717) is 17.0 Å². The number of hydroxylamine groups is 2. The van der Waals surface area contributed by atoms with Gasteiger partial charge in [0.1, 0.15) is 5.84 Å². The standard InChI is InChI=1S/C14H18N4O7S2/c15-13(16-26(20,21)9-10-4-2-1-3-5-10)12-7-6-11-8-17(12)14(19)18(11)25-27(22,23)24/h1-5,11-12H,6-9H2,(H2,15,16)(H,22,23,24)/t11-,12+/m1/s1. The predicted molar refractivity (Wildman–Crippen MR) is 94.1 cm³/mol. The second-order valence-electron chi connectivity index (χ2n) is 6.24. The summed E-state index contributed by atoms with van der Waals surface area (Å²) in [7, 11) is -8.78. The monoisotopic (exact) mass is 418 g/mol. The van der Waals surface area contributed by atoms with Crippen molar-refractivity contribution in [3.8, 4) is 0 Å². The van der Waals surface area contributed by atoms with E-state index in [1.165, 1.54) is 4.90 Å². The van der Waals surface area contributed by atoms with Crippen molar-refractivity contribution in [1.29, 1.82) is 0 Å². The fraction of sp³-hybridized carbons (Fsp3) is 0.429. The fourth-order valence-electron chi connectivity index (χ4n) is 3.18. The van der Waals surface area contributed by atoms with Gasteiger partial charge in [0.05, 0.1) is 17.8 Å². The first kappa shape index (κ1) is 19.5. The highest BCUT2D eigenvalue weighted by Gasteiger charge is 2.48. The zero-order valence-corrected chi connectivity index (χ0v) is 15.6. The zero-order chi connectivity index (χ0) is 19.8. The Balaban J connectivity index is 1.77. The van der Waals surface area contributed by atoms with Crippen LogP contribution in [-0.4, -0.2) is 61.8 Å². The molecule has 148 valence electrons. The maximum Gasteiger partial charge on any atom is 0.418 e. The molecule has 13 heteroatoms. The number of amidine groups is 1. The van der Waals surface area contributed by atoms with Crippen LogP contribution in [0.15, 0.2) is 34.7 Å². The van der Waals surface area contributed by atoms with Gasteiger partial charge in [-0.2, -0.15) is 13.5 Å². The summed E-state index contributed by atoms with van der Waals surface area (Å²) >= 11 is 0. The SMILES string of the molecule is N/C(=N\S(=O)(=O)Cc1ccccc1)[C@@H]1CC[C@@H]2CN1C(=O)N2OS(=O)(=O)O. The molecule has 0 unspecified atom stereocenters. The van der Waals surface area contributed by atoms with E-state index in [4.69, 9.17) is 10.3 Å². The van der Waals surface area contributed by atoms with Crippen molar-refractivity contribution >= 4 is 32.3 Å². The normalized spacial score (nSPS) is 23.7. The Hall–Kier alpha value is -2.22. The quantitative estimate of drug-likeness (QED) is 0.367. The van der Waals surface area contributed by atoms with Crippen LogP contribution in [0.5, 0.6) is 0 Å². The average Bonchev–Trinajstić information content (AvgIpc) is 2.78. The molecule has 2 aliphatic heterocycles. The van der Waals surface area contributed by atoms with Crippen molar-refractivity contribution < 1.29 is 30.5 Å². The molecule has 2 heterocycles. The van der Waals surface area contributed by atoms with E-state index in [1.54, 1.807) is 30.3 Å². The van der Waals surface area contributed by atoms with Crippen LogP contribution in [0.1, 0.15) is 18.4 Å². The van der Waals surface area contributed by atoms with E-state index in [2.05, 4.69) is 8.68 Å². The van der Waals surface area contributed by atoms with Crippen LogP contribution in [0, 0.1) is 0 Å². The molecular weight excluding hydrogens is 400 g/mol. The highest BCUT2D eigenvalue weighted by molar-refractivity contribution is 7.89. The maximum absolute atomic E-state index is 12.3. The van der Waals surface area contributed by atoms with Crippen LogP contribution in [-0.2, 0) is 30.5 Å². The topological polar surface area (TPSA) is 160 Å². The lowest BCUT2D eigenvalue weighted by Gasteiger charge is -2.29. The van der Waals surface area contributed by atoms with E-state index in [1.807, 2.05) is 0 Å². The minimum Gasteiger partial charge on any atom is -0.385 e. The first-order valence-electron chi connectivity index (χ1n) is 7.94. The van der Waals surface area contributed by atoms with Gasteiger partial charge in [0.2, 0.25) is 0 Å². The van der Waals surface area contributed by atoms with Gasteiger partial charge in [0.15, 0.2) is 0 Å². The molecule has 1 aromatic carbocycles. The molecule has 0 aromatic heterocycles. The first-order valence-corrected chi connectivity index (χ1v) is 10.9. The van der Waals surface area contributed by atoms with Crippen molar-refractivity contribution in [3.05, 3.63) is 35.9 Å². The minimum absolute atomic E-state index is 0.0774. The van der Waals surface area contributed by atoms with Crippen LogP contribution in [0.25, 0.3) is 0 Å². The van der Waals surface area contributed by atoms with Crippen LogP contribution in [0.2, 0.25) is 0 Å². The number of carbonyl (C=O) groups is 1. The molecule has 3 N–H and O–H groups in total. The number of piperidine rings is 1. The molecule has 0 aliphatic carbocycles. The smallest absolute Gasteiger partial charge is 0.385 e. The molecule has 0 radical (unpaired) electrons. The Labute approximate surface area is 156 Å². The molecule has 0 saturated carbocycles. The number of carbonyl (C=O) groups excluding carboxylic acids is 1. The summed E-state index contributed by atoms with van der Waals surface area (Å²) in [6.45, 7) is 0.0774. The fourth-order valence-corrected chi connectivity index (χ4v) is 4.69. The van der Waals surface area contributed by atoms with Crippen LogP contribution in [0.3, 0.4) is 0 Å². The van der Waals surface area contributed by atoms with Gasteiger partial charge in [-0.15, -0.1) is 8.68 Å². The second-order valence-corrected chi connectivity index (χ2v) is 8.88. The number of fused-ring (bicyclic) bond motifs is 2. The third kappa shape index (κ3) is 4.55. The molecule has 2 amide bonds. The lowest BCUT2D eigenvalue weighted by Crippen LogP contribution is -2.48. The number of nitrogens with zero attached hydrogens (tertiary/aromatic N) is 3. The maximum atomic E-state index is 12.3. The number of hydrogen-bond acceptors (Lipinski definition) is 6. The highest BCUT2D eigenvalue weighted by Crippen LogP contribution is 2.30. The van der Waals surface area contributed by atoms with E-state index >= 15 is 0 Å². The number of urea groups is 1. The molecule has 27 heavy (non-hydrogen) atoms. The summed E-state index contributed by atoms with van der Waals surface area (Å²) in [6, 6.07) is 6.20. The van der Waals surface area contributed by atoms with Gasteiger partial charge in [0, 0.05) is 6.54 Å². The van der Waals surface area contributed by atoms with Gasteiger partial charge >= 0.3 is 16.4 Å². The van der Waals surface area contributed by atoms with E-state index in [-0.39, 0.29) is 24.6 Å². The van der Waals surface area contributed by atoms with Gasteiger partial charge in [0.25, 0.3) is 10.0 Å². The van der Waals surface area contributed by atoms with Gasteiger partial charge in [-0.25, -0.2) is 13.2 Å². The Morgan fingerprint density at radius 2 is 1.89 bits per heavy atom. The van der Waals surface area contributed by atoms with Gasteiger partial charge < -0.3 is 10.6 Å². The highest BCUT2D eigenvalue weighted by atomic mass is 32.3. The van der Waals surface area contributed by atoms with E-state index in [9.17, 15) is 21.6 Å². The number of sulfonamides is 1. The largest absolute Gasteiger partial charge is 0.418 e. The molecule has 11 nitrogen and oxygen atoms in total. The Morgan fingerprint density at radius 1 is 1.22 bits per heavy atom. The van der Waals surface area contributed by atoms with Crippen molar-refractivity contribution in [2.75, 3.05) is 6.54 Å². The molecule has 2 fully saturated rings. The lowest BCUT2D eigenvalue weighted by molar-refractivity contribution is -0.0316. The zero-order valence-electron chi connectivity index (χ0n) is 14.0. The number of hydrogen-bond donors (Lipinski definition) is 2. The molecule has 2 atom stereocenters. The van der Waals surface area contributed by atoms with Crippen LogP contribution < -0.4 is 5.73 Å². The molecule has 2 aliphatic rings. The van der Waals surface area contributed by atoms with Crippen molar-refractivity contribution in [1.82, 2.24) is 9.96 Å². The molecule has 3 rings (SSSR count). The lowest BCUT2D eigenvalue weighted by atomic mass is 10.0. The summed E-state index contributed by atoms with van der Waals surface area (Å²) in [5.74, 6) is -0.595. The van der Waals surface area contributed by atoms with Gasteiger partial charge in [-0.1, -0.05) is 30.3 Å². The Kier molecular flexibility index (Phi) is 5.12. The summed E-state index contributed by atoms with van der Waals surface area (Å²) in [6.07, 6.45) is 0.579. The van der Waals surface area contributed by atoms with Gasteiger partial charge in [-0.05, 0) is 18.4 Å². The van der Waals surface area contributed by atoms with Crippen molar-refractivity contribution in [3.63, 3.8) is 0 Å². The summed E-state index contributed by atoms with van der Waals surface area (Å²) in [4.78, 5) is 13.5. The predicted octanol–water partition coefficient (Wildman–Crippen LogP) is -0.123. The third-order valence-corrected chi connectivity index (χ3v) is 5.81. The number of benzene rings is 1.